The summed E-state index contributed by atoms with van der Waals surface area (Å²) >= 11 is 1.67. The molecular weight excluding hydrogens is 555 g/mol. The molecule has 7 heteroatoms. The molecule has 6 rings (SSSR count). The lowest BCUT2D eigenvalue weighted by Gasteiger charge is -2.54. The summed E-state index contributed by atoms with van der Waals surface area (Å²) in [5.41, 5.74) is 2.24. The quantitative estimate of drug-likeness (QED) is 0.223. The third-order valence-electron chi connectivity index (χ3n) is 11.4. The van der Waals surface area contributed by atoms with Gasteiger partial charge in [0.1, 0.15) is 5.75 Å². The van der Waals surface area contributed by atoms with E-state index in [1.54, 1.807) is 23.9 Å². The summed E-state index contributed by atoms with van der Waals surface area (Å²) in [6.07, 6.45) is 8.07. The molecule has 1 aliphatic heterocycles. The van der Waals surface area contributed by atoms with E-state index in [9.17, 15) is 23.4 Å². The lowest BCUT2D eigenvalue weighted by atomic mass is 9.51. The summed E-state index contributed by atoms with van der Waals surface area (Å²) < 4.78 is 38.6. The molecule has 0 aromatic heterocycles. The normalized spacial score (nSPS) is 32.9. The van der Waals surface area contributed by atoms with Crippen LogP contribution >= 0.6 is 11.8 Å². The van der Waals surface area contributed by atoms with Gasteiger partial charge in [-0.3, -0.25) is 4.90 Å². The summed E-state index contributed by atoms with van der Waals surface area (Å²) in [6.45, 7) is 4.57. The standard InChI is InChI=1S/C35H46F3NO2S/c1-34-21-24(33-29-15-11-27(40)20-23(29)8-14-30(33)31(34)16-17-32(34)41)6-3-2-4-18-39-19-5-7-26(39)22-42-28-12-9-25(10-13-28)35(36,37)38/h9-13,15,20,24,26,30-33,40-41H,2-8,14,16-19,21-22H2,1H3/t24-,26?,30?,31?,32?,33?,34?/m0/s1. The molecule has 7 atom stereocenters. The number of aryl methyl sites for hydroxylation is 1. The van der Waals surface area contributed by atoms with Gasteiger partial charge in [0.15, 0.2) is 0 Å². The average molecular weight is 602 g/mol. The molecule has 3 aliphatic carbocycles. The van der Waals surface area contributed by atoms with Crippen molar-refractivity contribution >= 4 is 11.8 Å². The zero-order valence-electron chi connectivity index (χ0n) is 24.8. The van der Waals surface area contributed by atoms with Gasteiger partial charge in [-0.15, -0.1) is 11.8 Å². The van der Waals surface area contributed by atoms with Gasteiger partial charge in [-0.25, -0.2) is 0 Å². The Bertz CT molecular complexity index is 1220. The fourth-order valence-electron chi connectivity index (χ4n) is 9.34. The summed E-state index contributed by atoms with van der Waals surface area (Å²) in [5.74, 6) is 3.65. The van der Waals surface area contributed by atoms with Crippen LogP contribution in [0.3, 0.4) is 0 Å². The Morgan fingerprint density at radius 3 is 2.60 bits per heavy atom. The number of aliphatic hydroxyl groups is 1. The van der Waals surface area contributed by atoms with Crippen LogP contribution in [0.5, 0.6) is 5.75 Å². The van der Waals surface area contributed by atoms with Gasteiger partial charge in [-0.1, -0.05) is 25.8 Å². The van der Waals surface area contributed by atoms with Gasteiger partial charge in [0, 0.05) is 16.7 Å². The number of halogens is 3. The summed E-state index contributed by atoms with van der Waals surface area (Å²) in [4.78, 5) is 3.50. The van der Waals surface area contributed by atoms with Crippen molar-refractivity contribution in [1.29, 1.82) is 0 Å². The number of alkyl halides is 3. The van der Waals surface area contributed by atoms with Gasteiger partial charge in [0.2, 0.25) is 0 Å². The maximum Gasteiger partial charge on any atom is 0.416 e. The number of nitrogens with zero attached hydrogens (tertiary/aromatic N) is 1. The predicted octanol–water partition coefficient (Wildman–Crippen LogP) is 8.67. The van der Waals surface area contributed by atoms with E-state index >= 15 is 0 Å². The van der Waals surface area contributed by atoms with Crippen LogP contribution in [-0.4, -0.2) is 46.1 Å². The molecule has 2 saturated carbocycles. The number of phenolic OH excluding ortho intramolecular Hbond substituents is 1. The second-order valence-corrected chi connectivity index (χ2v) is 14.9. The van der Waals surface area contributed by atoms with Crippen LogP contribution in [0.2, 0.25) is 0 Å². The molecule has 3 fully saturated rings. The highest BCUT2D eigenvalue weighted by atomic mass is 32.2. The zero-order chi connectivity index (χ0) is 29.5. The predicted molar refractivity (Wildman–Crippen MR) is 163 cm³/mol. The van der Waals surface area contributed by atoms with Gasteiger partial charge >= 0.3 is 6.18 Å². The highest BCUT2D eigenvalue weighted by Gasteiger charge is 2.57. The number of fused-ring (bicyclic) bond motifs is 5. The third-order valence-corrected chi connectivity index (χ3v) is 12.6. The van der Waals surface area contributed by atoms with Crippen LogP contribution in [-0.2, 0) is 12.6 Å². The second-order valence-electron chi connectivity index (χ2n) is 13.8. The first-order valence-electron chi connectivity index (χ1n) is 16.2. The number of hydrogen-bond donors (Lipinski definition) is 2. The van der Waals surface area contributed by atoms with Crippen molar-refractivity contribution < 1.29 is 23.4 Å². The molecule has 0 bridgehead atoms. The number of likely N-dealkylation sites (tertiary alicyclic amines) is 1. The van der Waals surface area contributed by atoms with Crippen LogP contribution in [0.4, 0.5) is 13.2 Å². The maximum atomic E-state index is 12.9. The van der Waals surface area contributed by atoms with Gasteiger partial charge in [0.25, 0.3) is 0 Å². The number of benzene rings is 2. The van der Waals surface area contributed by atoms with Crippen LogP contribution in [0.15, 0.2) is 47.4 Å². The molecule has 42 heavy (non-hydrogen) atoms. The van der Waals surface area contributed by atoms with E-state index in [1.807, 2.05) is 12.1 Å². The summed E-state index contributed by atoms with van der Waals surface area (Å²) in [7, 11) is 0. The number of aromatic hydroxyl groups is 1. The van der Waals surface area contributed by atoms with Crippen molar-refractivity contribution in [2.75, 3.05) is 18.8 Å². The van der Waals surface area contributed by atoms with Crippen molar-refractivity contribution in [2.45, 2.75) is 107 Å². The van der Waals surface area contributed by atoms with Crippen molar-refractivity contribution in [3.63, 3.8) is 0 Å². The number of phenols is 1. The van der Waals surface area contributed by atoms with E-state index in [0.29, 0.717) is 35.5 Å². The first-order chi connectivity index (χ1) is 20.1. The summed E-state index contributed by atoms with van der Waals surface area (Å²) in [5, 5.41) is 21.2. The SMILES string of the molecule is CC12C[C@H](CCCCCN3CCCC3CSc3ccc(C(F)(F)F)cc3)C3c4ccc(O)cc4CCC3C1CCC2O. The minimum Gasteiger partial charge on any atom is -0.508 e. The van der Waals surface area contributed by atoms with Gasteiger partial charge in [-0.2, -0.15) is 13.2 Å². The van der Waals surface area contributed by atoms with Crippen molar-refractivity contribution in [2.24, 2.45) is 23.2 Å². The smallest absolute Gasteiger partial charge is 0.416 e. The Morgan fingerprint density at radius 1 is 1.00 bits per heavy atom. The molecule has 3 nitrogen and oxygen atoms in total. The number of thioether (sulfide) groups is 1. The van der Waals surface area contributed by atoms with Crippen LogP contribution in [0.1, 0.15) is 93.7 Å². The van der Waals surface area contributed by atoms with Gasteiger partial charge in [0.05, 0.1) is 11.7 Å². The van der Waals surface area contributed by atoms with Crippen LogP contribution in [0.25, 0.3) is 0 Å². The topological polar surface area (TPSA) is 43.7 Å². The fraction of sp³-hybridized carbons (Fsp3) is 0.657. The van der Waals surface area contributed by atoms with E-state index in [4.69, 9.17) is 0 Å². The monoisotopic (exact) mass is 601 g/mol. The third kappa shape index (κ3) is 6.12. The number of aliphatic hydroxyl groups excluding tert-OH is 1. The molecule has 2 N–H and O–H groups in total. The maximum absolute atomic E-state index is 12.9. The molecule has 2 aromatic carbocycles. The van der Waals surface area contributed by atoms with E-state index in [-0.39, 0.29) is 11.5 Å². The largest absolute Gasteiger partial charge is 0.508 e. The molecule has 1 heterocycles. The number of hydrogen-bond acceptors (Lipinski definition) is 4. The van der Waals surface area contributed by atoms with Gasteiger partial charge < -0.3 is 10.2 Å². The Balaban J connectivity index is 1.02. The fourth-order valence-corrected chi connectivity index (χ4v) is 10.4. The molecule has 230 valence electrons. The molecule has 6 unspecified atom stereocenters. The Labute approximate surface area is 253 Å². The molecule has 2 aromatic rings. The van der Waals surface area contributed by atoms with Crippen molar-refractivity contribution in [3.8, 4) is 5.75 Å². The number of rotatable bonds is 9. The highest BCUT2D eigenvalue weighted by Crippen LogP contribution is 2.63. The molecule has 0 amide bonds. The van der Waals surface area contributed by atoms with Crippen molar-refractivity contribution in [3.05, 3.63) is 59.2 Å². The van der Waals surface area contributed by atoms with Gasteiger partial charge in [-0.05, 0) is 147 Å². The zero-order valence-corrected chi connectivity index (χ0v) is 25.6. The van der Waals surface area contributed by atoms with E-state index in [0.717, 1.165) is 55.8 Å². The van der Waals surface area contributed by atoms with Crippen LogP contribution in [0, 0.1) is 23.2 Å². The molecular formula is C35H46F3NO2S. The second kappa shape index (κ2) is 12.4. The average Bonchev–Trinajstić information content (AvgIpc) is 3.54. The lowest BCUT2D eigenvalue weighted by Crippen LogP contribution is -2.47. The molecule has 1 saturated heterocycles. The first kappa shape index (κ1) is 30.3. The number of unbranched alkanes of at least 4 members (excludes halogenated alkanes) is 2. The Kier molecular flexibility index (Phi) is 8.92. The van der Waals surface area contributed by atoms with E-state index in [2.05, 4.69) is 17.9 Å². The minimum atomic E-state index is -4.28. The van der Waals surface area contributed by atoms with E-state index < -0.39 is 11.7 Å². The summed E-state index contributed by atoms with van der Waals surface area (Å²) in [6, 6.07) is 12.1. The Hall–Kier alpha value is -1.70. The first-order valence-corrected chi connectivity index (χ1v) is 17.2. The lowest BCUT2D eigenvalue weighted by molar-refractivity contribution is -0.137. The van der Waals surface area contributed by atoms with Crippen molar-refractivity contribution in [1.82, 2.24) is 4.90 Å². The van der Waals surface area contributed by atoms with Crippen LogP contribution < -0.4 is 0 Å². The molecule has 0 spiro atoms. The highest BCUT2D eigenvalue weighted by molar-refractivity contribution is 7.99. The minimum absolute atomic E-state index is 0.0355. The van der Waals surface area contributed by atoms with E-state index in [1.165, 1.54) is 61.8 Å². The molecule has 4 aliphatic rings. The Morgan fingerprint density at radius 2 is 1.81 bits per heavy atom. The molecule has 0 radical (unpaired) electrons.